The zero-order chi connectivity index (χ0) is 18.6. The average molecular weight is 360 g/mol. The van der Waals surface area contributed by atoms with E-state index in [1.807, 2.05) is 32.9 Å². The largest absolute Gasteiger partial charge is 0.495 e. The number of carbonyl (C=O) groups excluding carboxylic acids is 2. The van der Waals surface area contributed by atoms with Crippen LogP contribution < -0.4 is 10.1 Å². The number of ether oxygens (including phenoxy) is 1. The fourth-order valence-corrected chi connectivity index (χ4v) is 2.58. The first-order valence-corrected chi connectivity index (χ1v) is 8.44. The van der Waals surface area contributed by atoms with E-state index in [2.05, 4.69) is 5.32 Å². The van der Waals surface area contributed by atoms with Crippen LogP contribution in [-0.4, -0.2) is 18.8 Å². The minimum absolute atomic E-state index is 0.0440. The highest BCUT2D eigenvalue weighted by Gasteiger charge is 2.13. The van der Waals surface area contributed by atoms with Crippen LogP contribution in [0.3, 0.4) is 0 Å². The van der Waals surface area contributed by atoms with Gasteiger partial charge in [-0.2, -0.15) is 0 Å². The minimum Gasteiger partial charge on any atom is -0.495 e. The summed E-state index contributed by atoms with van der Waals surface area (Å²) in [6.07, 6.45) is 0.264. The van der Waals surface area contributed by atoms with E-state index in [0.29, 0.717) is 22.0 Å². The smallest absolute Gasteiger partial charge is 0.224 e. The lowest BCUT2D eigenvalue weighted by molar-refractivity contribution is -0.116. The Labute approximate surface area is 153 Å². The van der Waals surface area contributed by atoms with E-state index in [-0.39, 0.29) is 24.5 Å². The van der Waals surface area contributed by atoms with Crippen molar-refractivity contribution >= 4 is 29.0 Å². The maximum absolute atomic E-state index is 12.3. The van der Waals surface area contributed by atoms with Crippen molar-refractivity contribution in [1.82, 2.24) is 0 Å². The van der Waals surface area contributed by atoms with E-state index in [1.54, 1.807) is 18.2 Å². The van der Waals surface area contributed by atoms with E-state index < -0.39 is 0 Å². The van der Waals surface area contributed by atoms with Crippen LogP contribution in [0.4, 0.5) is 5.69 Å². The number of nitrogens with one attached hydrogen (secondary N) is 1. The summed E-state index contributed by atoms with van der Waals surface area (Å²) in [7, 11) is 1.51. The monoisotopic (exact) mass is 359 g/mol. The van der Waals surface area contributed by atoms with Crippen molar-refractivity contribution < 1.29 is 14.3 Å². The van der Waals surface area contributed by atoms with Gasteiger partial charge in [-0.3, -0.25) is 9.59 Å². The highest BCUT2D eigenvalue weighted by Crippen LogP contribution is 2.31. The third-order valence-corrected chi connectivity index (χ3v) is 4.57. The minimum atomic E-state index is -0.239. The molecule has 0 radical (unpaired) electrons. The summed E-state index contributed by atoms with van der Waals surface area (Å²) in [5, 5.41) is 3.35. The number of carbonyl (C=O) groups is 2. The van der Waals surface area contributed by atoms with Gasteiger partial charge in [0.05, 0.1) is 12.8 Å². The van der Waals surface area contributed by atoms with Crippen LogP contribution in [0.15, 0.2) is 30.3 Å². The maximum Gasteiger partial charge on any atom is 0.224 e. The maximum atomic E-state index is 12.3. The van der Waals surface area contributed by atoms with Gasteiger partial charge in [0.1, 0.15) is 5.75 Å². The number of amides is 1. The Morgan fingerprint density at radius 3 is 2.36 bits per heavy atom. The van der Waals surface area contributed by atoms with E-state index in [4.69, 9.17) is 16.3 Å². The molecular formula is C20H22ClNO3. The van der Waals surface area contributed by atoms with Crippen molar-refractivity contribution in [3.63, 3.8) is 0 Å². The second kappa shape index (κ2) is 8.17. The number of aryl methyl sites for hydroxylation is 3. The molecule has 0 aliphatic carbocycles. The Hall–Kier alpha value is -2.33. The second-order valence-corrected chi connectivity index (χ2v) is 6.48. The molecule has 0 heterocycles. The summed E-state index contributed by atoms with van der Waals surface area (Å²) in [6, 6.07) is 9.00. The summed E-state index contributed by atoms with van der Waals surface area (Å²) in [6.45, 7) is 5.81. The summed E-state index contributed by atoms with van der Waals surface area (Å²) >= 11 is 6.06. The fraction of sp³-hybridized carbons (Fsp3) is 0.300. The molecule has 0 unspecified atom stereocenters. The van der Waals surface area contributed by atoms with E-state index in [1.165, 1.54) is 7.11 Å². The number of benzene rings is 2. The summed E-state index contributed by atoms with van der Waals surface area (Å²) in [5.41, 5.74) is 4.23. The van der Waals surface area contributed by atoms with Crippen molar-refractivity contribution in [2.75, 3.05) is 12.4 Å². The second-order valence-electron chi connectivity index (χ2n) is 6.07. The molecule has 0 fully saturated rings. The van der Waals surface area contributed by atoms with Gasteiger partial charge in [-0.1, -0.05) is 23.7 Å². The standard InChI is InChI=1S/C20H22ClNO3/c1-12-5-6-15(9-13(12)2)18(23)7-8-20(24)22-17-10-14(3)16(21)11-19(17)25-4/h5-6,9-11H,7-8H2,1-4H3,(H,22,24). The number of hydrogen-bond acceptors (Lipinski definition) is 3. The van der Waals surface area contributed by atoms with Gasteiger partial charge in [-0.15, -0.1) is 0 Å². The topological polar surface area (TPSA) is 55.4 Å². The first-order valence-electron chi connectivity index (χ1n) is 8.06. The van der Waals surface area contributed by atoms with Crippen LogP contribution in [0.25, 0.3) is 0 Å². The van der Waals surface area contributed by atoms with Crippen molar-refractivity contribution in [2.24, 2.45) is 0 Å². The molecule has 5 heteroatoms. The summed E-state index contributed by atoms with van der Waals surface area (Å²) < 4.78 is 5.24. The molecule has 0 atom stereocenters. The number of anilines is 1. The number of hydrogen-bond donors (Lipinski definition) is 1. The highest BCUT2D eigenvalue weighted by molar-refractivity contribution is 6.31. The molecule has 0 aliphatic rings. The van der Waals surface area contributed by atoms with Gasteiger partial charge in [-0.25, -0.2) is 0 Å². The molecule has 0 bridgehead atoms. The van der Waals surface area contributed by atoms with Crippen LogP contribution in [0.1, 0.15) is 39.9 Å². The third kappa shape index (κ3) is 4.83. The van der Waals surface area contributed by atoms with Crippen LogP contribution in [0.2, 0.25) is 5.02 Å². The Morgan fingerprint density at radius 1 is 1.00 bits per heavy atom. The lowest BCUT2D eigenvalue weighted by atomic mass is 10.0. The zero-order valence-electron chi connectivity index (χ0n) is 14.9. The molecule has 0 saturated heterocycles. The van der Waals surface area contributed by atoms with Crippen molar-refractivity contribution in [1.29, 1.82) is 0 Å². The molecule has 132 valence electrons. The molecule has 2 rings (SSSR count). The fourth-order valence-electron chi connectivity index (χ4n) is 2.43. The third-order valence-electron chi connectivity index (χ3n) is 4.16. The molecular weight excluding hydrogens is 338 g/mol. The Balaban J connectivity index is 2.00. The SMILES string of the molecule is COc1cc(Cl)c(C)cc1NC(=O)CCC(=O)c1ccc(C)c(C)c1. The molecule has 25 heavy (non-hydrogen) atoms. The quantitative estimate of drug-likeness (QED) is 0.748. The number of rotatable bonds is 6. The van der Waals surface area contributed by atoms with Gasteiger partial charge >= 0.3 is 0 Å². The van der Waals surface area contributed by atoms with Crippen LogP contribution in [0.5, 0.6) is 5.75 Å². The van der Waals surface area contributed by atoms with Gasteiger partial charge in [0.2, 0.25) is 5.91 Å². The summed E-state index contributed by atoms with van der Waals surface area (Å²) in [5.74, 6) is 0.208. The van der Waals surface area contributed by atoms with Gasteiger partial charge in [0, 0.05) is 29.5 Å². The van der Waals surface area contributed by atoms with Gasteiger partial charge in [0.15, 0.2) is 5.78 Å². The Morgan fingerprint density at radius 2 is 1.72 bits per heavy atom. The Kier molecular flexibility index (Phi) is 6.21. The predicted molar refractivity (Wildman–Crippen MR) is 101 cm³/mol. The molecule has 0 aromatic heterocycles. The Bertz CT molecular complexity index is 815. The lowest BCUT2D eigenvalue weighted by Gasteiger charge is -2.12. The molecule has 0 spiro atoms. The molecule has 2 aromatic carbocycles. The van der Waals surface area contributed by atoms with Gasteiger partial charge in [-0.05, 0) is 49.6 Å². The first kappa shape index (κ1) is 19.0. The summed E-state index contributed by atoms with van der Waals surface area (Å²) in [4.78, 5) is 24.4. The predicted octanol–water partition coefficient (Wildman–Crippen LogP) is 4.88. The molecule has 4 nitrogen and oxygen atoms in total. The number of methoxy groups -OCH3 is 1. The molecule has 2 aromatic rings. The van der Waals surface area contributed by atoms with Gasteiger partial charge in [0.25, 0.3) is 0 Å². The molecule has 0 saturated carbocycles. The van der Waals surface area contributed by atoms with Crippen molar-refractivity contribution in [2.45, 2.75) is 33.6 Å². The van der Waals surface area contributed by atoms with E-state index >= 15 is 0 Å². The van der Waals surface area contributed by atoms with Crippen LogP contribution >= 0.6 is 11.6 Å². The highest BCUT2D eigenvalue weighted by atomic mass is 35.5. The normalized spacial score (nSPS) is 10.4. The lowest BCUT2D eigenvalue weighted by Crippen LogP contribution is -2.14. The first-order chi connectivity index (χ1) is 11.8. The molecule has 1 N–H and O–H groups in total. The average Bonchev–Trinajstić information content (AvgIpc) is 2.58. The van der Waals surface area contributed by atoms with Crippen LogP contribution in [0, 0.1) is 20.8 Å². The number of Topliss-reactive ketones (excluding diaryl/α,β-unsaturated/α-hetero) is 1. The molecule has 1 amide bonds. The zero-order valence-corrected chi connectivity index (χ0v) is 15.7. The van der Waals surface area contributed by atoms with E-state index in [9.17, 15) is 9.59 Å². The van der Waals surface area contributed by atoms with Crippen LogP contribution in [-0.2, 0) is 4.79 Å². The molecule has 0 aliphatic heterocycles. The van der Waals surface area contributed by atoms with E-state index in [0.717, 1.165) is 16.7 Å². The van der Waals surface area contributed by atoms with Crippen molar-refractivity contribution in [3.05, 3.63) is 57.6 Å². The van der Waals surface area contributed by atoms with Gasteiger partial charge < -0.3 is 10.1 Å². The number of ketones is 1. The van der Waals surface area contributed by atoms with Crippen molar-refractivity contribution in [3.8, 4) is 5.75 Å². The number of halogens is 1.